The molecule has 2 aromatic heterocycles. The van der Waals surface area contributed by atoms with Crippen molar-refractivity contribution in [1.29, 1.82) is 10.5 Å². The SMILES string of the molecule is N#CC1=CC=C(N(c2ccc(N(c3ccc(C#N)cc3)c3ccc4c(c3)c3c(n4-c4ccccc4)C=CC4CC34)cc2)c2ccc3c(c2)c2ccccc2n3-c2ccccc2)CC1. The third-order valence-electron chi connectivity index (χ3n) is 13.1. The first kappa shape index (κ1) is 36.5. The molecule has 9 aromatic rings. The lowest BCUT2D eigenvalue weighted by atomic mass is 10.00. The van der Waals surface area contributed by atoms with Gasteiger partial charge >= 0.3 is 0 Å². The number of hydrogen-bond acceptors (Lipinski definition) is 4. The molecule has 0 saturated heterocycles. The molecule has 2 atom stereocenters. The van der Waals surface area contributed by atoms with Gasteiger partial charge < -0.3 is 18.9 Å². The second-order valence-corrected chi connectivity index (χ2v) is 16.7. The molecule has 2 heterocycles. The molecule has 0 radical (unpaired) electrons. The summed E-state index contributed by atoms with van der Waals surface area (Å²) < 4.78 is 4.76. The largest absolute Gasteiger partial charge is 0.314 e. The van der Waals surface area contributed by atoms with Crippen LogP contribution in [0.15, 0.2) is 199 Å². The molecule has 2 unspecified atom stereocenters. The predicted octanol–water partition coefficient (Wildman–Crippen LogP) is 14.5. The van der Waals surface area contributed by atoms with Crippen LogP contribution in [0.25, 0.3) is 50.2 Å². The number of rotatable bonds is 8. The summed E-state index contributed by atoms with van der Waals surface area (Å²) in [6, 6.07) is 64.9. The number of hydrogen-bond donors (Lipinski definition) is 0. The van der Waals surface area contributed by atoms with E-state index in [4.69, 9.17) is 0 Å². The molecule has 6 nitrogen and oxygen atoms in total. The minimum Gasteiger partial charge on any atom is -0.314 e. The lowest BCUT2D eigenvalue weighted by molar-refractivity contribution is 0.894. The van der Waals surface area contributed by atoms with E-state index in [9.17, 15) is 10.5 Å². The molecule has 12 rings (SSSR count). The van der Waals surface area contributed by atoms with E-state index in [2.05, 4.69) is 195 Å². The van der Waals surface area contributed by atoms with Crippen molar-refractivity contribution in [3.63, 3.8) is 0 Å². The first-order chi connectivity index (χ1) is 31.1. The lowest BCUT2D eigenvalue weighted by Crippen LogP contribution is -2.18. The second kappa shape index (κ2) is 14.7. The van der Waals surface area contributed by atoms with Gasteiger partial charge in [0.15, 0.2) is 0 Å². The fourth-order valence-electron chi connectivity index (χ4n) is 10.1. The van der Waals surface area contributed by atoms with E-state index in [0.29, 0.717) is 23.8 Å². The van der Waals surface area contributed by atoms with Crippen molar-refractivity contribution in [2.75, 3.05) is 9.80 Å². The van der Waals surface area contributed by atoms with Gasteiger partial charge in [-0.1, -0.05) is 60.7 Å². The van der Waals surface area contributed by atoms with Crippen LogP contribution in [0.3, 0.4) is 0 Å². The van der Waals surface area contributed by atoms with Crippen LogP contribution in [0, 0.1) is 28.6 Å². The highest BCUT2D eigenvalue weighted by Crippen LogP contribution is 2.56. The van der Waals surface area contributed by atoms with E-state index in [-0.39, 0.29) is 0 Å². The second-order valence-electron chi connectivity index (χ2n) is 16.7. The van der Waals surface area contributed by atoms with Crippen molar-refractivity contribution in [3.05, 3.63) is 216 Å². The zero-order valence-corrected chi connectivity index (χ0v) is 34.4. The van der Waals surface area contributed by atoms with E-state index >= 15 is 0 Å². The highest BCUT2D eigenvalue weighted by atomic mass is 15.2. The summed E-state index contributed by atoms with van der Waals surface area (Å²) in [5.74, 6) is 1.13. The number of para-hydroxylation sites is 3. The Hall–Kier alpha value is -8.32. The number of benzene rings is 7. The minimum absolute atomic E-state index is 0.531. The van der Waals surface area contributed by atoms with Gasteiger partial charge in [-0.05, 0) is 170 Å². The quantitative estimate of drug-likeness (QED) is 0.153. The average Bonchev–Trinajstić information content (AvgIpc) is 3.97. The number of aromatic nitrogens is 2. The number of allylic oxidation sites excluding steroid dienone is 5. The highest BCUT2D eigenvalue weighted by Gasteiger charge is 2.42. The van der Waals surface area contributed by atoms with Crippen molar-refractivity contribution in [2.24, 2.45) is 5.92 Å². The molecule has 3 aliphatic rings. The van der Waals surface area contributed by atoms with Gasteiger partial charge in [-0.2, -0.15) is 10.5 Å². The lowest BCUT2D eigenvalue weighted by Gasteiger charge is -2.31. The zero-order valence-electron chi connectivity index (χ0n) is 34.4. The molecule has 1 saturated carbocycles. The molecule has 3 aliphatic carbocycles. The summed E-state index contributed by atoms with van der Waals surface area (Å²) in [5.41, 5.74) is 16.2. The average molecular weight is 809 g/mol. The Morgan fingerprint density at radius 3 is 1.73 bits per heavy atom. The summed E-state index contributed by atoms with van der Waals surface area (Å²) in [6.45, 7) is 0. The van der Waals surface area contributed by atoms with Gasteiger partial charge in [0.2, 0.25) is 0 Å². The maximum absolute atomic E-state index is 9.76. The normalized spacial score (nSPS) is 16.2. The number of anilines is 5. The van der Waals surface area contributed by atoms with Crippen molar-refractivity contribution < 1.29 is 0 Å². The summed E-state index contributed by atoms with van der Waals surface area (Å²) in [4.78, 5) is 4.65. The van der Waals surface area contributed by atoms with Gasteiger partial charge in [0.25, 0.3) is 0 Å². The molecule has 0 aliphatic heterocycles. The van der Waals surface area contributed by atoms with Crippen molar-refractivity contribution in [2.45, 2.75) is 25.2 Å². The van der Waals surface area contributed by atoms with Crippen LogP contribution in [0.5, 0.6) is 0 Å². The Morgan fingerprint density at radius 1 is 0.492 bits per heavy atom. The Morgan fingerprint density at radius 2 is 1.06 bits per heavy atom. The molecule has 298 valence electrons. The van der Waals surface area contributed by atoms with Crippen molar-refractivity contribution in [3.8, 4) is 23.5 Å². The Labute approximate surface area is 366 Å². The Balaban J connectivity index is 0.996. The molecule has 0 bridgehead atoms. The molecule has 0 amide bonds. The molecule has 6 heteroatoms. The molecule has 7 aromatic carbocycles. The standard InChI is InChI=1S/C57H40N6/c58-36-38-15-20-43(21-16-38)60(47-28-31-54-51(34-47)49-13-7-8-14-53(49)62(54)41-9-3-1-4-10-41)45-24-26-46(27-25-45)61(44-22-17-39(37-59)18-23-44)48-29-32-55-52(35-48)57-50-33-40(50)19-30-56(57)63(55)42-11-5-2-6-12-42/h1-15,17-20,22-32,34-35,40,50H,16,21,33H2. The van der Waals surface area contributed by atoms with E-state index in [1.165, 1.54) is 39.4 Å². The van der Waals surface area contributed by atoms with Gasteiger partial charge in [-0.15, -0.1) is 0 Å². The molecule has 63 heavy (non-hydrogen) atoms. The fraction of sp³-hybridized carbons (Fsp3) is 0.0877. The van der Waals surface area contributed by atoms with Crippen LogP contribution in [-0.2, 0) is 0 Å². The summed E-state index contributed by atoms with van der Waals surface area (Å²) >= 11 is 0. The van der Waals surface area contributed by atoms with Crippen LogP contribution in [-0.4, -0.2) is 9.13 Å². The van der Waals surface area contributed by atoms with Gasteiger partial charge in [0, 0.05) is 67.2 Å². The van der Waals surface area contributed by atoms with Crippen LogP contribution < -0.4 is 9.80 Å². The van der Waals surface area contributed by atoms with E-state index < -0.39 is 0 Å². The zero-order chi connectivity index (χ0) is 42.0. The first-order valence-electron chi connectivity index (χ1n) is 21.7. The molecular weight excluding hydrogens is 769 g/mol. The van der Waals surface area contributed by atoms with Crippen LogP contribution in [0.4, 0.5) is 28.4 Å². The highest BCUT2D eigenvalue weighted by molar-refractivity contribution is 6.10. The third kappa shape index (κ3) is 6.07. The number of fused-ring (bicyclic) bond motifs is 8. The maximum Gasteiger partial charge on any atom is 0.0991 e. The molecular formula is C57H40N6. The van der Waals surface area contributed by atoms with Crippen LogP contribution >= 0.6 is 0 Å². The first-order valence-corrected chi connectivity index (χ1v) is 21.7. The molecule has 0 N–H and O–H groups in total. The predicted molar refractivity (Wildman–Crippen MR) is 256 cm³/mol. The maximum atomic E-state index is 9.76. The fourth-order valence-corrected chi connectivity index (χ4v) is 10.1. The molecule has 1 fully saturated rings. The van der Waals surface area contributed by atoms with Gasteiger partial charge in [0.05, 0.1) is 39.9 Å². The smallest absolute Gasteiger partial charge is 0.0991 e. The third-order valence-corrected chi connectivity index (χ3v) is 13.1. The van der Waals surface area contributed by atoms with Crippen molar-refractivity contribution >= 4 is 67.2 Å². The van der Waals surface area contributed by atoms with Gasteiger partial charge in [0.1, 0.15) is 0 Å². The van der Waals surface area contributed by atoms with Crippen LogP contribution in [0.1, 0.15) is 42.0 Å². The van der Waals surface area contributed by atoms with Gasteiger partial charge in [-0.25, -0.2) is 0 Å². The molecule has 0 spiro atoms. The Bertz CT molecular complexity index is 3450. The summed E-state index contributed by atoms with van der Waals surface area (Å²) in [5, 5.41) is 23.1. The topological polar surface area (TPSA) is 63.9 Å². The van der Waals surface area contributed by atoms with E-state index in [1.54, 1.807) is 0 Å². The van der Waals surface area contributed by atoms with E-state index in [0.717, 1.165) is 68.5 Å². The van der Waals surface area contributed by atoms with Gasteiger partial charge in [-0.3, -0.25) is 0 Å². The summed E-state index contributed by atoms with van der Waals surface area (Å²) in [7, 11) is 0. The minimum atomic E-state index is 0.531. The monoisotopic (exact) mass is 808 g/mol. The van der Waals surface area contributed by atoms with Crippen LogP contribution in [0.2, 0.25) is 0 Å². The number of nitrogens with zero attached hydrogens (tertiary/aromatic N) is 6. The van der Waals surface area contributed by atoms with Crippen molar-refractivity contribution in [1.82, 2.24) is 9.13 Å². The number of nitriles is 2. The summed E-state index contributed by atoms with van der Waals surface area (Å²) in [6.07, 6.45) is 11.4. The Kier molecular flexibility index (Phi) is 8.52. The van der Waals surface area contributed by atoms with E-state index in [1.807, 2.05) is 30.3 Å².